The monoisotopic (exact) mass is 441 g/mol. The van der Waals surface area contributed by atoms with Crippen molar-refractivity contribution >= 4 is 11.6 Å². The van der Waals surface area contributed by atoms with Gasteiger partial charge < -0.3 is 15.2 Å². The van der Waals surface area contributed by atoms with Crippen LogP contribution in [0.3, 0.4) is 0 Å². The molecular weight excluding hydrogens is 414 g/mol. The number of nitrogens with zero attached hydrogens (tertiary/aromatic N) is 2. The zero-order valence-electron chi connectivity index (χ0n) is 18.1. The molecular formula is C24H28ClN3O3. The van der Waals surface area contributed by atoms with E-state index in [0.717, 1.165) is 28.9 Å². The van der Waals surface area contributed by atoms with Gasteiger partial charge in [0.1, 0.15) is 12.4 Å². The van der Waals surface area contributed by atoms with Gasteiger partial charge in [-0.05, 0) is 62.6 Å². The summed E-state index contributed by atoms with van der Waals surface area (Å²) in [6.07, 6.45) is 2.32. The number of ether oxygens (including phenoxy) is 2. The minimum absolute atomic E-state index is 0.0373. The molecule has 164 valence electrons. The van der Waals surface area contributed by atoms with Crippen molar-refractivity contribution in [3.05, 3.63) is 75.7 Å². The molecule has 1 heterocycles. The van der Waals surface area contributed by atoms with Crippen molar-refractivity contribution in [2.45, 2.75) is 39.3 Å². The molecule has 2 N–H and O–H groups in total. The standard InChI is InChI=1S/C24H28ClN3O3/c1-24(2,3)28-23(29)22(25)21(15-27-28)31-16-17-5-7-18(8-6-17)19-9-11-20(12-10-19)30-14-4-13-26/h5-12,15H,4,13-14,16,26H2,1-3H3. The molecule has 0 saturated heterocycles. The van der Waals surface area contributed by atoms with Crippen LogP contribution in [0.5, 0.6) is 11.5 Å². The first-order valence-corrected chi connectivity index (χ1v) is 10.6. The highest BCUT2D eigenvalue weighted by molar-refractivity contribution is 6.31. The first-order chi connectivity index (χ1) is 14.8. The molecule has 0 aliphatic carbocycles. The van der Waals surface area contributed by atoms with Crippen LogP contribution in [-0.4, -0.2) is 22.9 Å². The van der Waals surface area contributed by atoms with Crippen molar-refractivity contribution in [1.82, 2.24) is 9.78 Å². The predicted molar refractivity (Wildman–Crippen MR) is 124 cm³/mol. The van der Waals surface area contributed by atoms with Gasteiger partial charge in [0, 0.05) is 0 Å². The zero-order valence-corrected chi connectivity index (χ0v) is 18.9. The Morgan fingerprint density at radius 2 is 1.61 bits per heavy atom. The van der Waals surface area contributed by atoms with Gasteiger partial charge in [-0.1, -0.05) is 48.0 Å². The molecule has 0 radical (unpaired) electrons. The maximum absolute atomic E-state index is 12.4. The number of hydrogen-bond acceptors (Lipinski definition) is 5. The van der Waals surface area contributed by atoms with Crippen molar-refractivity contribution in [2.24, 2.45) is 5.73 Å². The van der Waals surface area contributed by atoms with Crippen LogP contribution in [0.1, 0.15) is 32.8 Å². The number of rotatable bonds is 8. The Kier molecular flexibility index (Phi) is 7.36. The van der Waals surface area contributed by atoms with Gasteiger partial charge in [-0.3, -0.25) is 4.79 Å². The Bertz CT molecular complexity index is 1060. The van der Waals surface area contributed by atoms with Gasteiger partial charge >= 0.3 is 0 Å². The van der Waals surface area contributed by atoms with E-state index >= 15 is 0 Å². The summed E-state index contributed by atoms with van der Waals surface area (Å²) in [5, 5.41) is 4.22. The van der Waals surface area contributed by atoms with Crippen molar-refractivity contribution < 1.29 is 9.47 Å². The van der Waals surface area contributed by atoms with Crippen molar-refractivity contribution in [2.75, 3.05) is 13.2 Å². The van der Waals surface area contributed by atoms with E-state index in [9.17, 15) is 4.79 Å². The van der Waals surface area contributed by atoms with Crippen LogP contribution in [-0.2, 0) is 12.1 Å². The quantitative estimate of drug-likeness (QED) is 0.516. The number of nitrogens with two attached hydrogens (primary N) is 1. The SMILES string of the molecule is CC(C)(C)n1ncc(OCc2ccc(-c3ccc(OCCCN)cc3)cc2)c(Cl)c1=O. The predicted octanol–water partition coefficient (Wildman–Crippen LogP) is 4.63. The number of aromatic nitrogens is 2. The summed E-state index contributed by atoms with van der Waals surface area (Å²) in [7, 11) is 0. The Hall–Kier alpha value is -2.83. The highest BCUT2D eigenvalue weighted by atomic mass is 35.5. The number of benzene rings is 2. The normalized spacial score (nSPS) is 11.4. The topological polar surface area (TPSA) is 79.4 Å². The van der Waals surface area contributed by atoms with Gasteiger partial charge in [-0.2, -0.15) is 5.10 Å². The lowest BCUT2D eigenvalue weighted by molar-refractivity contribution is 0.292. The molecule has 6 nitrogen and oxygen atoms in total. The fraction of sp³-hybridized carbons (Fsp3) is 0.333. The fourth-order valence-corrected chi connectivity index (χ4v) is 3.15. The second-order valence-corrected chi connectivity index (χ2v) is 8.59. The average molecular weight is 442 g/mol. The highest BCUT2D eigenvalue weighted by Gasteiger charge is 2.20. The Balaban J connectivity index is 1.64. The molecule has 1 aromatic heterocycles. The van der Waals surface area contributed by atoms with E-state index in [0.29, 0.717) is 13.2 Å². The summed E-state index contributed by atoms with van der Waals surface area (Å²) < 4.78 is 12.7. The van der Waals surface area contributed by atoms with Crippen LogP contribution in [0.25, 0.3) is 11.1 Å². The second-order valence-electron chi connectivity index (χ2n) is 8.21. The van der Waals surface area contributed by atoms with Gasteiger partial charge in [0.2, 0.25) is 0 Å². The molecule has 0 fully saturated rings. The van der Waals surface area contributed by atoms with Gasteiger partial charge in [-0.25, -0.2) is 4.68 Å². The highest BCUT2D eigenvalue weighted by Crippen LogP contribution is 2.25. The molecule has 0 aliphatic heterocycles. The van der Waals surface area contributed by atoms with Crippen molar-refractivity contribution in [3.8, 4) is 22.6 Å². The van der Waals surface area contributed by atoms with E-state index in [4.69, 9.17) is 26.8 Å². The van der Waals surface area contributed by atoms with Gasteiger partial charge in [-0.15, -0.1) is 0 Å². The zero-order chi connectivity index (χ0) is 22.4. The van der Waals surface area contributed by atoms with E-state index in [1.807, 2.05) is 69.3 Å². The molecule has 3 rings (SSSR count). The lowest BCUT2D eigenvalue weighted by atomic mass is 10.0. The maximum Gasteiger partial charge on any atom is 0.289 e. The summed E-state index contributed by atoms with van der Waals surface area (Å²) >= 11 is 6.21. The third-order valence-corrected chi connectivity index (χ3v) is 5.02. The molecule has 7 heteroatoms. The summed E-state index contributed by atoms with van der Waals surface area (Å²) in [5.74, 6) is 1.11. The summed E-state index contributed by atoms with van der Waals surface area (Å²) in [6.45, 7) is 7.20. The Morgan fingerprint density at radius 1 is 1.00 bits per heavy atom. The van der Waals surface area contributed by atoms with Crippen LogP contribution in [0.15, 0.2) is 59.5 Å². The van der Waals surface area contributed by atoms with E-state index in [1.165, 1.54) is 10.9 Å². The molecule has 0 spiro atoms. The largest absolute Gasteiger partial charge is 0.494 e. The Morgan fingerprint density at radius 3 is 2.19 bits per heavy atom. The molecule has 0 aliphatic rings. The first-order valence-electron chi connectivity index (χ1n) is 10.2. The lowest BCUT2D eigenvalue weighted by Crippen LogP contribution is -2.36. The fourth-order valence-electron chi connectivity index (χ4n) is 2.97. The van der Waals surface area contributed by atoms with E-state index in [2.05, 4.69) is 5.10 Å². The minimum Gasteiger partial charge on any atom is -0.494 e. The molecule has 0 amide bonds. The minimum atomic E-state index is -0.454. The third kappa shape index (κ3) is 5.87. The van der Waals surface area contributed by atoms with Crippen molar-refractivity contribution in [1.29, 1.82) is 0 Å². The van der Waals surface area contributed by atoms with Crippen LogP contribution >= 0.6 is 11.6 Å². The van der Waals surface area contributed by atoms with Crippen LogP contribution in [0, 0.1) is 0 Å². The lowest BCUT2D eigenvalue weighted by Gasteiger charge is -2.21. The average Bonchev–Trinajstić information content (AvgIpc) is 2.75. The smallest absolute Gasteiger partial charge is 0.289 e. The van der Waals surface area contributed by atoms with Crippen LogP contribution < -0.4 is 20.8 Å². The Labute approximate surface area is 187 Å². The van der Waals surface area contributed by atoms with E-state index in [-0.39, 0.29) is 22.9 Å². The summed E-state index contributed by atoms with van der Waals surface area (Å²) in [4.78, 5) is 12.4. The van der Waals surface area contributed by atoms with Gasteiger partial charge in [0.05, 0.1) is 18.3 Å². The summed E-state index contributed by atoms with van der Waals surface area (Å²) in [5.41, 5.74) is 7.81. The molecule has 3 aromatic rings. The third-order valence-electron chi connectivity index (χ3n) is 4.68. The van der Waals surface area contributed by atoms with Gasteiger partial charge in [0.15, 0.2) is 10.8 Å². The summed E-state index contributed by atoms with van der Waals surface area (Å²) in [6, 6.07) is 16.0. The van der Waals surface area contributed by atoms with Crippen LogP contribution in [0.4, 0.5) is 0 Å². The molecule has 31 heavy (non-hydrogen) atoms. The van der Waals surface area contributed by atoms with Crippen LogP contribution in [0.2, 0.25) is 5.02 Å². The van der Waals surface area contributed by atoms with Crippen molar-refractivity contribution in [3.63, 3.8) is 0 Å². The van der Waals surface area contributed by atoms with Gasteiger partial charge in [0.25, 0.3) is 5.56 Å². The molecule has 0 unspecified atom stereocenters. The van der Waals surface area contributed by atoms with E-state index < -0.39 is 5.54 Å². The van der Waals surface area contributed by atoms with E-state index in [1.54, 1.807) is 0 Å². The molecule has 0 saturated carbocycles. The second kappa shape index (κ2) is 9.98. The molecule has 0 atom stereocenters. The first kappa shape index (κ1) is 22.8. The molecule has 0 bridgehead atoms. The molecule has 2 aromatic carbocycles. The number of halogens is 1. The number of hydrogen-bond donors (Lipinski definition) is 1. The maximum atomic E-state index is 12.4.